The lowest BCUT2D eigenvalue weighted by atomic mass is 10.1. The zero-order valence-corrected chi connectivity index (χ0v) is 17.0. The Bertz CT molecular complexity index is 1290. The number of fused-ring (bicyclic) bond motifs is 1. The molecule has 2 heterocycles. The number of amides is 1. The van der Waals surface area contributed by atoms with Crippen molar-refractivity contribution in [1.82, 2.24) is 20.0 Å². The number of nitrogens with one attached hydrogen (secondary N) is 1. The third-order valence-corrected chi connectivity index (χ3v) is 5.51. The van der Waals surface area contributed by atoms with E-state index >= 15 is 0 Å². The number of pyridine rings is 1. The van der Waals surface area contributed by atoms with Crippen LogP contribution in [-0.4, -0.2) is 27.2 Å². The van der Waals surface area contributed by atoms with E-state index < -0.39 is 0 Å². The number of hydrogen-bond acceptors (Lipinski definition) is 5. The van der Waals surface area contributed by atoms with Gasteiger partial charge in [-0.2, -0.15) is 4.98 Å². The molecule has 0 spiro atoms. The highest BCUT2D eigenvalue weighted by Crippen LogP contribution is 2.39. The quantitative estimate of drug-likeness (QED) is 0.501. The molecule has 0 bridgehead atoms. The van der Waals surface area contributed by atoms with Crippen LogP contribution in [0.25, 0.3) is 22.4 Å². The van der Waals surface area contributed by atoms with Crippen LogP contribution in [0, 0.1) is 0 Å². The van der Waals surface area contributed by atoms with Gasteiger partial charge in [0.2, 0.25) is 5.91 Å². The van der Waals surface area contributed by atoms with E-state index in [9.17, 15) is 9.59 Å². The summed E-state index contributed by atoms with van der Waals surface area (Å²) in [5, 5.41) is 7.76. The molecule has 0 radical (unpaired) electrons. The second-order valence-corrected chi connectivity index (χ2v) is 7.82. The van der Waals surface area contributed by atoms with Crippen molar-refractivity contribution in [3.63, 3.8) is 0 Å². The van der Waals surface area contributed by atoms with Gasteiger partial charge in [0, 0.05) is 23.9 Å². The van der Waals surface area contributed by atoms with E-state index in [-0.39, 0.29) is 18.0 Å². The summed E-state index contributed by atoms with van der Waals surface area (Å²) >= 11 is 0. The second-order valence-electron chi connectivity index (χ2n) is 7.82. The summed E-state index contributed by atoms with van der Waals surface area (Å²) in [6, 6.07) is 18.9. The van der Waals surface area contributed by atoms with Crippen molar-refractivity contribution in [2.75, 3.05) is 6.54 Å². The number of carbonyl (C=O) groups is 1. The first-order valence-corrected chi connectivity index (χ1v) is 10.5. The van der Waals surface area contributed by atoms with Crippen molar-refractivity contribution in [3.8, 4) is 11.5 Å². The lowest BCUT2D eigenvalue weighted by Crippen LogP contribution is -2.33. The number of hydrogen-bond donors (Lipinski definition) is 1. The number of rotatable bonds is 7. The van der Waals surface area contributed by atoms with Crippen molar-refractivity contribution in [3.05, 3.63) is 82.4 Å². The molecule has 7 heteroatoms. The summed E-state index contributed by atoms with van der Waals surface area (Å²) in [4.78, 5) is 29.9. The average Bonchev–Trinajstić information content (AvgIpc) is 3.53. The van der Waals surface area contributed by atoms with Crippen LogP contribution in [0.2, 0.25) is 0 Å². The molecule has 1 aliphatic carbocycles. The Balaban J connectivity index is 1.38. The van der Waals surface area contributed by atoms with Crippen LogP contribution >= 0.6 is 0 Å². The van der Waals surface area contributed by atoms with E-state index in [1.807, 2.05) is 54.6 Å². The standard InChI is InChI=1S/C24H22N4O3/c29-21(25-13-12-16-6-2-1-3-7-16)15-28-20-9-5-4-8-18(20)19(14-22(28)30)24-26-23(27-31-24)17-10-11-17/h1-9,14,17H,10-13,15H2,(H,25,29). The third kappa shape index (κ3) is 4.12. The molecule has 1 N–H and O–H groups in total. The number of benzene rings is 2. The van der Waals surface area contributed by atoms with Gasteiger partial charge in [-0.15, -0.1) is 0 Å². The highest BCUT2D eigenvalue weighted by Gasteiger charge is 2.29. The summed E-state index contributed by atoms with van der Waals surface area (Å²) in [6.45, 7) is 0.463. The molecule has 31 heavy (non-hydrogen) atoms. The molecule has 1 fully saturated rings. The fraction of sp³-hybridized carbons (Fsp3) is 0.250. The summed E-state index contributed by atoms with van der Waals surface area (Å²) in [5.74, 6) is 1.20. The largest absolute Gasteiger partial charge is 0.354 e. The molecule has 5 rings (SSSR count). The number of nitrogens with zero attached hydrogens (tertiary/aromatic N) is 3. The maximum absolute atomic E-state index is 12.9. The summed E-state index contributed by atoms with van der Waals surface area (Å²) in [7, 11) is 0. The lowest BCUT2D eigenvalue weighted by molar-refractivity contribution is -0.121. The molecular formula is C24H22N4O3. The summed E-state index contributed by atoms with van der Waals surface area (Å²) < 4.78 is 6.92. The molecule has 0 saturated heterocycles. The molecule has 0 aliphatic heterocycles. The molecule has 7 nitrogen and oxygen atoms in total. The molecule has 4 aromatic rings. The van der Waals surface area contributed by atoms with Crippen LogP contribution in [0.15, 0.2) is 70.0 Å². The first kappa shape index (κ1) is 19.2. The van der Waals surface area contributed by atoms with Gasteiger partial charge < -0.3 is 9.84 Å². The average molecular weight is 414 g/mol. The first-order valence-electron chi connectivity index (χ1n) is 10.5. The molecule has 0 unspecified atom stereocenters. The smallest absolute Gasteiger partial charge is 0.258 e. The van der Waals surface area contributed by atoms with Gasteiger partial charge in [0.1, 0.15) is 6.54 Å². The predicted molar refractivity (Wildman–Crippen MR) is 117 cm³/mol. The Morgan fingerprint density at radius 1 is 1.10 bits per heavy atom. The van der Waals surface area contributed by atoms with Gasteiger partial charge in [-0.1, -0.05) is 53.7 Å². The Hall–Kier alpha value is -3.74. The minimum absolute atomic E-state index is 0.0500. The summed E-state index contributed by atoms with van der Waals surface area (Å²) in [5.41, 5.74) is 2.13. The zero-order valence-electron chi connectivity index (χ0n) is 17.0. The molecular weight excluding hydrogens is 392 g/mol. The van der Waals surface area contributed by atoms with E-state index in [1.165, 1.54) is 10.6 Å². The van der Waals surface area contributed by atoms with Gasteiger partial charge >= 0.3 is 0 Å². The fourth-order valence-corrected chi connectivity index (χ4v) is 3.72. The maximum Gasteiger partial charge on any atom is 0.258 e. The van der Waals surface area contributed by atoms with E-state index in [4.69, 9.17) is 4.52 Å². The van der Waals surface area contributed by atoms with Crippen molar-refractivity contribution in [2.45, 2.75) is 31.7 Å². The fourth-order valence-electron chi connectivity index (χ4n) is 3.72. The van der Waals surface area contributed by atoms with E-state index in [0.717, 1.165) is 30.2 Å². The Morgan fingerprint density at radius 3 is 2.68 bits per heavy atom. The molecule has 156 valence electrons. The van der Waals surface area contributed by atoms with Crippen LogP contribution in [0.5, 0.6) is 0 Å². The van der Waals surface area contributed by atoms with Crippen LogP contribution in [0.1, 0.15) is 30.1 Å². The zero-order chi connectivity index (χ0) is 21.2. The van der Waals surface area contributed by atoms with Gasteiger partial charge in [0.25, 0.3) is 11.4 Å². The second kappa shape index (κ2) is 8.18. The Kier molecular flexibility index (Phi) is 5.08. The monoisotopic (exact) mass is 414 g/mol. The predicted octanol–water partition coefficient (Wildman–Crippen LogP) is 3.29. The van der Waals surface area contributed by atoms with Gasteiger partial charge in [-0.05, 0) is 30.9 Å². The van der Waals surface area contributed by atoms with Crippen molar-refractivity contribution < 1.29 is 9.32 Å². The number of para-hydroxylation sites is 1. The van der Waals surface area contributed by atoms with Gasteiger partial charge in [0.05, 0.1) is 11.1 Å². The highest BCUT2D eigenvalue weighted by molar-refractivity contribution is 5.93. The molecule has 1 saturated carbocycles. The van der Waals surface area contributed by atoms with Crippen molar-refractivity contribution >= 4 is 16.8 Å². The number of aromatic nitrogens is 3. The lowest BCUT2D eigenvalue weighted by Gasteiger charge is -2.12. The van der Waals surface area contributed by atoms with Crippen LogP contribution < -0.4 is 10.9 Å². The first-order chi connectivity index (χ1) is 15.2. The third-order valence-electron chi connectivity index (χ3n) is 5.51. The topological polar surface area (TPSA) is 90.0 Å². The van der Waals surface area contributed by atoms with Crippen molar-refractivity contribution in [1.29, 1.82) is 0 Å². The number of carbonyl (C=O) groups excluding carboxylic acids is 1. The normalized spacial score (nSPS) is 13.4. The van der Waals surface area contributed by atoms with E-state index in [2.05, 4.69) is 15.5 Å². The van der Waals surface area contributed by atoms with Crippen LogP contribution in [-0.2, 0) is 17.8 Å². The van der Waals surface area contributed by atoms with Gasteiger partial charge in [-0.25, -0.2) is 0 Å². The highest BCUT2D eigenvalue weighted by atomic mass is 16.5. The van der Waals surface area contributed by atoms with Crippen molar-refractivity contribution in [2.24, 2.45) is 0 Å². The van der Waals surface area contributed by atoms with Crippen LogP contribution in [0.3, 0.4) is 0 Å². The minimum atomic E-state index is -0.280. The molecule has 1 amide bonds. The Labute approximate surface area is 178 Å². The summed E-state index contributed by atoms with van der Waals surface area (Å²) in [6.07, 6.45) is 2.88. The Morgan fingerprint density at radius 2 is 1.87 bits per heavy atom. The minimum Gasteiger partial charge on any atom is -0.354 e. The molecule has 2 aromatic heterocycles. The van der Waals surface area contributed by atoms with E-state index in [0.29, 0.717) is 35.3 Å². The van der Waals surface area contributed by atoms with E-state index in [1.54, 1.807) is 0 Å². The SMILES string of the molecule is O=C(Cn1c(=O)cc(-c2nc(C3CC3)no2)c2ccccc21)NCCc1ccccc1. The molecule has 1 aliphatic rings. The van der Waals surface area contributed by atoms with Gasteiger partial charge in [0.15, 0.2) is 5.82 Å². The molecule has 2 aromatic carbocycles. The molecule has 0 atom stereocenters. The van der Waals surface area contributed by atoms with Crippen LogP contribution in [0.4, 0.5) is 0 Å². The van der Waals surface area contributed by atoms with Gasteiger partial charge in [-0.3, -0.25) is 14.2 Å². The maximum atomic E-state index is 12.9.